The summed E-state index contributed by atoms with van der Waals surface area (Å²) in [6, 6.07) is 5.16. The predicted molar refractivity (Wildman–Crippen MR) is 65.3 cm³/mol. The summed E-state index contributed by atoms with van der Waals surface area (Å²) in [5.74, 6) is 0.00319. The van der Waals surface area contributed by atoms with E-state index in [1.54, 1.807) is 19.1 Å². The van der Waals surface area contributed by atoms with Crippen molar-refractivity contribution in [3.8, 4) is 5.75 Å². The Balaban J connectivity index is 2.35. The van der Waals surface area contributed by atoms with Crippen molar-refractivity contribution in [3.63, 3.8) is 0 Å². The predicted octanol–water partition coefficient (Wildman–Crippen LogP) is 1.71. The number of hydrogen-bond acceptors (Lipinski definition) is 4. The summed E-state index contributed by atoms with van der Waals surface area (Å²) in [5.41, 5.74) is 1.27. The molecule has 92 valence electrons. The number of nitrogens with zero attached hydrogens (tertiary/aromatic N) is 1. The molecule has 1 unspecified atom stereocenters. The van der Waals surface area contributed by atoms with E-state index in [9.17, 15) is 9.90 Å². The molecule has 0 spiro atoms. The van der Waals surface area contributed by atoms with Crippen molar-refractivity contribution in [2.45, 2.75) is 25.8 Å². The van der Waals surface area contributed by atoms with E-state index < -0.39 is 5.54 Å². The number of rotatable bonds is 2. The van der Waals surface area contributed by atoms with Crippen molar-refractivity contribution >= 4 is 11.7 Å². The van der Waals surface area contributed by atoms with E-state index in [1.807, 2.05) is 24.9 Å². The highest BCUT2D eigenvalue weighted by atomic mass is 16.5. The first-order chi connectivity index (χ1) is 7.99. The zero-order valence-corrected chi connectivity index (χ0v) is 10.4. The van der Waals surface area contributed by atoms with Gasteiger partial charge in [0.05, 0.1) is 6.61 Å². The van der Waals surface area contributed by atoms with Crippen molar-refractivity contribution in [1.82, 2.24) is 0 Å². The van der Waals surface area contributed by atoms with Gasteiger partial charge in [-0.15, -0.1) is 0 Å². The third-order valence-corrected chi connectivity index (χ3v) is 3.41. The van der Waals surface area contributed by atoms with E-state index in [1.165, 1.54) is 0 Å². The van der Waals surface area contributed by atoms with Crippen LogP contribution in [0.25, 0.3) is 0 Å². The number of aromatic hydroxyl groups is 1. The molecule has 0 radical (unpaired) electrons. The standard InChI is InChI=1S/C13H17NO3/c1-4-17-12(16)13(2)8-9-7-10(15)5-6-11(9)14(13)3/h5-7,15H,4,8H2,1-3H3. The van der Waals surface area contributed by atoms with Crippen molar-refractivity contribution in [3.05, 3.63) is 23.8 Å². The second kappa shape index (κ2) is 3.95. The van der Waals surface area contributed by atoms with Crippen LogP contribution in [0.5, 0.6) is 5.75 Å². The van der Waals surface area contributed by atoms with Crippen molar-refractivity contribution in [2.24, 2.45) is 0 Å². The quantitative estimate of drug-likeness (QED) is 0.793. The first-order valence-corrected chi connectivity index (χ1v) is 5.72. The highest BCUT2D eigenvalue weighted by Crippen LogP contribution is 2.39. The van der Waals surface area contributed by atoms with Crippen LogP contribution in [0.15, 0.2) is 18.2 Å². The van der Waals surface area contributed by atoms with Crippen LogP contribution in [-0.4, -0.2) is 30.3 Å². The zero-order valence-electron chi connectivity index (χ0n) is 10.4. The maximum atomic E-state index is 12.0. The lowest BCUT2D eigenvalue weighted by Gasteiger charge is -2.31. The lowest BCUT2D eigenvalue weighted by molar-refractivity contribution is -0.148. The number of phenols is 1. The van der Waals surface area contributed by atoms with Gasteiger partial charge in [-0.2, -0.15) is 0 Å². The second-order valence-electron chi connectivity index (χ2n) is 4.54. The van der Waals surface area contributed by atoms with Crippen molar-refractivity contribution in [1.29, 1.82) is 0 Å². The van der Waals surface area contributed by atoms with Gasteiger partial charge in [-0.1, -0.05) is 0 Å². The molecule has 1 aromatic carbocycles. The Kier molecular flexibility index (Phi) is 2.73. The van der Waals surface area contributed by atoms with E-state index in [-0.39, 0.29) is 11.7 Å². The van der Waals surface area contributed by atoms with Crippen LogP contribution < -0.4 is 4.90 Å². The summed E-state index contributed by atoms with van der Waals surface area (Å²) >= 11 is 0. The van der Waals surface area contributed by atoms with Crippen LogP contribution >= 0.6 is 0 Å². The van der Waals surface area contributed by atoms with Gasteiger partial charge >= 0.3 is 5.97 Å². The minimum Gasteiger partial charge on any atom is -0.508 e. The van der Waals surface area contributed by atoms with Gasteiger partial charge in [0.2, 0.25) is 0 Å². The van der Waals surface area contributed by atoms with E-state index >= 15 is 0 Å². The van der Waals surface area contributed by atoms with E-state index in [0.717, 1.165) is 11.3 Å². The molecule has 1 aliphatic heterocycles. The average Bonchev–Trinajstić information content (AvgIpc) is 2.52. The number of carbonyl (C=O) groups is 1. The smallest absolute Gasteiger partial charge is 0.332 e. The highest BCUT2D eigenvalue weighted by molar-refractivity contribution is 5.88. The Morgan fingerprint density at radius 3 is 2.94 bits per heavy atom. The Bertz CT molecular complexity index is 458. The second-order valence-corrected chi connectivity index (χ2v) is 4.54. The molecule has 1 atom stereocenters. The van der Waals surface area contributed by atoms with Crippen LogP contribution in [0.3, 0.4) is 0 Å². The molecule has 1 aromatic rings. The Morgan fingerprint density at radius 1 is 1.59 bits per heavy atom. The SMILES string of the molecule is CCOC(=O)C1(C)Cc2cc(O)ccc2N1C. The normalized spacial score (nSPS) is 22.4. The minimum atomic E-state index is -0.674. The number of esters is 1. The summed E-state index contributed by atoms with van der Waals surface area (Å²) in [6.07, 6.45) is 0.562. The monoisotopic (exact) mass is 235 g/mol. The van der Waals surface area contributed by atoms with Gasteiger partial charge in [0.1, 0.15) is 11.3 Å². The molecule has 1 aliphatic rings. The molecule has 0 amide bonds. The molecule has 1 heterocycles. The topological polar surface area (TPSA) is 49.8 Å². The lowest BCUT2D eigenvalue weighted by atomic mass is 9.97. The van der Waals surface area contributed by atoms with Gasteiger partial charge in [0, 0.05) is 19.2 Å². The van der Waals surface area contributed by atoms with Crippen LogP contribution in [-0.2, 0) is 16.0 Å². The van der Waals surface area contributed by atoms with Gasteiger partial charge in [0.15, 0.2) is 0 Å². The molecule has 0 aromatic heterocycles. The fraction of sp³-hybridized carbons (Fsp3) is 0.462. The van der Waals surface area contributed by atoms with Crippen LogP contribution in [0.1, 0.15) is 19.4 Å². The number of fused-ring (bicyclic) bond motifs is 1. The first-order valence-electron chi connectivity index (χ1n) is 5.72. The summed E-state index contributed by atoms with van der Waals surface area (Å²) in [6.45, 7) is 4.04. The lowest BCUT2D eigenvalue weighted by Crippen LogP contribution is -2.49. The zero-order chi connectivity index (χ0) is 12.6. The van der Waals surface area contributed by atoms with Crippen molar-refractivity contribution < 1.29 is 14.6 Å². The number of benzene rings is 1. The first kappa shape index (κ1) is 11.8. The van der Waals surface area contributed by atoms with E-state index in [4.69, 9.17) is 4.74 Å². The number of carbonyl (C=O) groups excluding carboxylic acids is 1. The molecule has 1 N–H and O–H groups in total. The summed E-state index contributed by atoms with van der Waals surface area (Å²) in [4.78, 5) is 13.9. The van der Waals surface area contributed by atoms with E-state index in [2.05, 4.69) is 0 Å². The summed E-state index contributed by atoms with van der Waals surface area (Å²) in [5, 5.41) is 9.46. The van der Waals surface area contributed by atoms with Crippen LogP contribution in [0.2, 0.25) is 0 Å². The Hall–Kier alpha value is -1.71. The maximum Gasteiger partial charge on any atom is 0.332 e. The molecule has 4 heteroatoms. The Labute approximate surface area is 101 Å². The van der Waals surface area contributed by atoms with Crippen LogP contribution in [0.4, 0.5) is 5.69 Å². The molecule has 0 fully saturated rings. The Morgan fingerprint density at radius 2 is 2.29 bits per heavy atom. The minimum absolute atomic E-state index is 0.224. The molecule has 0 saturated heterocycles. The number of likely N-dealkylation sites (N-methyl/N-ethyl adjacent to an activating group) is 1. The fourth-order valence-electron chi connectivity index (χ4n) is 2.29. The summed E-state index contributed by atoms with van der Waals surface area (Å²) < 4.78 is 5.12. The van der Waals surface area contributed by atoms with Crippen molar-refractivity contribution in [2.75, 3.05) is 18.6 Å². The van der Waals surface area contributed by atoms with Gasteiger partial charge in [-0.25, -0.2) is 4.79 Å². The molecule has 17 heavy (non-hydrogen) atoms. The molecule has 0 saturated carbocycles. The number of phenolic OH excluding ortho intramolecular Hbond substituents is 1. The number of ether oxygens (including phenoxy) is 1. The molecule has 4 nitrogen and oxygen atoms in total. The molecule has 2 rings (SSSR count). The summed E-state index contributed by atoms with van der Waals surface area (Å²) in [7, 11) is 1.87. The molecule has 0 bridgehead atoms. The molecular weight excluding hydrogens is 218 g/mol. The largest absolute Gasteiger partial charge is 0.508 e. The van der Waals surface area contributed by atoms with Gasteiger partial charge < -0.3 is 14.7 Å². The van der Waals surface area contributed by atoms with Crippen LogP contribution in [0, 0.1) is 0 Å². The maximum absolute atomic E-state index is 12.0. The van der Waals surface area contributed by atoms with Gasteiger partial charge in [0.25, 0.3) is 0 Å². The average molecular weight is 235 g/mol. The molecule has 0 aliphatic carbocycles. The fourth-order valence-corrected chi connectivity index (χ4v) is 2.29. The third-order valence-electron chi connectivity index (χ3n) is 3.41. The van der Waals surface area contributed by atoms with Gasteiger partial charge in [-0.3, -0.25) is 0 Å². The number of hydrogen-bond donors (Lipinski definition) is 1. The highest BCUT2D eigenvalue weighted by Gasteiger charge is 2.45. The third kappa shape index (κ3) is 1.73. The van der Waals surface area contributed by atoms with E-state index in [0.29, 0.717) is 13.0 Å². The number of anilines is 1. The molecular formula is C13H17NO3. The van der Waals surface area contributed by atoms with Gasteiger partial charge in [-0.05, 0) is 37.6 Å².